The average molecular weight is 367 g/mol. The van der Waals surface area contributed by atoms with Crippen molar-refractivity contribution < 1.29 is 19.1 Å². The molecule has 0 saturated carbocycles. The predicted molar refractivity (Wildman–Crippen MR) is 102 cm³/mol. The first-order chi connectivity index (χ1) is 13.1. The Hall–Kier alpha value is -3.06. The minimum atomic E-state index is -0.174. The number of methoxy groups -OCH3 is 1. The minimum Gasteiger partial charge on any atom is -0.497 e. The molecule has 2 aliphatic rings. The van der Waals surface area contributed by atoms with Crippen molar-refractivity contribution in [2.24, 2.45) is 0 Å². The number of aromatic nitrogens is 1. The van der Waals surface area contributed by atoms with Gasteiger partial charge in [-0.3, -0.25) is 9.59 Å². The van der Waals surface area contributed by atoms with Crippen LogP contribution in [0.3, 0.4) is 0 Å². The average Bonchev–Trinajstić information content (AvgIpc) is 3.21. The summed E-state index contributed by atoms with van der Waals surface area (Å²) in [5.74, 6) is 0.489. The first kappa shape index (κ1) is 17.4. The first-order valence-electron chi connectivity index (χ1n) is 8.85. The first-order valence-corrected chi connectivity index (χ1v) is 8.85. The monoisotopic (exact) mass is 367 g/mol. The van der Waals surface area contributed by atoms with Gasteiger partial charge in [0.15, 0.2) is 0 Å². The van der Waals surface area contributed by atoms with Crippen LogP contribution in [0.5, 0.6) is 5.75 Å². The molecular formula is C20H21N3O4. The fraction of sp³-hybridized carbons (Fsp3) is 0.300. The molecule has 2 aliphatic heterocycles. The van der Waals surface area contributed by atoms with E-state index in [1.165, 1.54) is 0 Å². The topological polar surface area (TPSA) is 83.7 Å². The fourth-order valence-electron chi connectivity index (χ4n) is 3.41. The van der Waals surface area contributed by atoms with Gasteiger partial charge < -0.3 is 24.7 Å². The predicted octanol–water partition coefficient (Wildman–Crippen LogP) is 2.30. The molecule has 1 saturated heterocycles. The number of nitrogens with zero attached hydrogens (tertiary/aromatic N) is 1. The largest absolute Gasteiger partial charge is 0.497 e. The summed E-state index contributed by atoms with van der Waals surface area (Å²) < 4.78 is 10.6. The highest BCUT2D eigenvalue weighted by atomic mass is 16.5. The Bertz CT molecular complexity index is 939. The van der Waals surface area contributed by atoms with Crippen molar-refractivity contribution in [3.05, 3.63) is 46.8 Å². The van der Waals surface area contributed by atoms with Crippen LogP contribution in [0.25, 0.3) is 11.6 Å². The van der Waals surface area contributed by atoms with Crippen molar-refractivity contribution in [1.29, 1.82) is 0 Å². The van der Waals surface area contributed by atoms with Gasteiger partial charge in [0.2, 0.25) is 0 Å². The second-order valence-corrected chi connectivity index (χ2v) is 6.59. The van der Waals surface area contributed by atoms with Gasteiger partial charge in [0.25, 0.3) is 11.8 Å². The number of benzene rings is 1. The van der Waals surface area contributed by atoms with E-state index in [1.807, 2.05) is 19.1 Å². The third-order valence-electron chi connectivity index (χ3n) is 4.87. The zero-order valence-corrected chi connectivity index (χ0v) is 15.3. The van der Waals surface area contributed by atoms with Crippen LogP contribution in [-0.2, 0) is 9.53 Å². The van der Waals surface area contributed by atoms with Gasteiger partial charge >= 0.3 is 0 Å². The fourth-order valence-corrected chi connectivity index (χ4v) is 3.41. The third kappa shape index (κ3) is 3.21. The SMILES string of the molecule is COc1ccc2c(c1)/C(=C/c1cc(C(=O)N3CCOCC3)c(C)[nH]1)C(=O)N2. The Kier molecular flexibility index (Phi) is 4.45. The third-order valence-corrected chi connectivity index (χ3v) is 4.87. The quantitative estimate of drug-likeness (QED) is 0.816. The molecule has 27 heavy (non-hydrogen) atoms. The molecule has 7 heteroatoms. The molecule has 1 fully saturated rings. The number of hydrogen-bond donors (Lipinski definition) is 2. The summed E-state index contributed by atoms with van der Waals surface area (Å²) in [6.45, 7) is 4.17. The van der Waals surface area contributed by atoms with Crippen molar-refractivity contribution in [1.82, 2.24) is 9.88 Å². The highest BCUT2D eigenvalue weighted by Gasteiger charge is 2.26. The molecule has 0 atom stereocenters. The van der Waals surface area contributed by atoms with Crippen LogP contribution in [0, 0.1) is 6.92 Å². The lowest BCUT2D eigenvalue weighted by Crippen LogP contribution is -2.40. The smallest absolute Gasteiger partial charge is 0.256 e. The second-order valence-electron chi connectivity index (χ2n) is 6.59. The molecule has 140 valence electrons. The van der Waals surface area contributed by atoms with Gasteiger partial charge in [-0.1, -0.05) is 0 Å². The van der Waals surface area contributed by atoms with Crippen LogP contribution < -0.4 is 10.1 Å². The number of rotatable bonds is 3. The minimum absolute atomic E-state index is 0.0188. The molecule has 2 N–H and O–H groups in total. The number of anilines is 1. The van der Waals surface area contributed by atoms with Crippen molar-refractivity contribution in [2.75, 3.05) is 38.7 Å². The lowest BCUT2D eigenvalue weighted by atomic mass is 10.1. The van der Waals surface area contributed by atoms with E-state index in [1.54, 1.807) is 30.2 Å². The molecule has 1 aromatic heterocycles. The summed E-state index contributed by atoms with van der Waals surface area (Å²) in [5.41, 5.74) is 4.18. The lowest BCUT2D eigenvalue weighted by molar-refractivity contribution is -0.110. The summed E-state index contributed by atoms with van der Waals surface area (Å²) in [5, 5.41) is 2.85. The van der Waals surface area contributed by atoms with Crippen molar-refractivity contribution in [2.45, 2.75) is 6.92 Å². The maximum Gasteiger partial charge on any atom is 0.256 e. The number of fused-ring (bicyclic) bond motifs is 1. The number of carbonyl (C=O) groups is 2. The molecule has 0 unspecified atom stereocenters. The molecule has 4 rings (SSSR count). The van der Waals surface area contributed by atoms with E-state index in [0.717, 1.165) is 16.9 Å². The number of hydrogen-bond acceptors (Lipinski definition) is 4. The molecule has 2 amide bonds. The highest BCUT2D eigenvalue weighted by molar-refractivity contribution is 6.35. The van der Waals surface area contributed by atoms with E-state index in [0.29, 0.717) is 48.9 Å². The zero-order chi connectivity index (χ0) is 19.0. The molecule has 0 bridgehead atoms. The van der Waals surface area contributed by atoms with E-state index in [-0.39, 0.29) is 11.8 Å². The van der Waals surface area contributed by atoms with Gasteiger partial charge in [0, 0.05) is 35.7 Å². The summed E-state index contributed by atoms with van der Waals surface area (Å²) >= 11 is 0. The standard InChI is InChI=1S/C20H21N3O4/c1-12-15(20(25)23-5-7-27-8-6-23)9-13(21-12)10-17-16-11-14(26-2)3-4-18(16)22-19(17)24/h3-4,9-11,21H,5-8H2,1-2H3,(H,22,24)/b17-10-. The molecule has 1 aromatic carbocycles. The highest BCUT2D eigenvalue weighted by Crippen LogP contribution is 2.35. The number of H-pyrrole nitrogens is 1. The molecule has 2 aromatic rings. The van der Waals surface area contributed by atoms with Crippen LogP contribution in [0.2, 0.25) is 0 Å². The Morgan fingerprint density at radius 1 is 1.26 bits per heavy atom. The molecule has 3 heterocycles. The van der Waals surface area contributed by atoms with Crippen molar-refractivity contribution >= 4 is 29.2 Å². The van der Waals surface area contributed by atoms with Gasteiger partial charge in [-0.15, -0.1) is 0 Å². The normalized spacial score (nSPS) is 17.8. The number of aryl methyl sites for hydroxylation is 1. The van der Waals surface area contributed by atoms with Crippen LogP contribution >= 0.6 is 0 Å². The molecule has 7 nitrogen and oxygen atoms in total. The van der Waals surface area contributed by atoms with Crippen LogP contribution in [0.1, 0.15) is 27.3 Å². The molecule has 0 radical (unpaired) electrons. The summed E-state index contributed by atoms with van der Waals surface area (Å²) in [7, 11) is 1.59. The molecule has 0 aliphatic carbocycles. The van der Waals surface area contributed by atoms with Crippen LogP contribution in [0.15, 0.2) is 24.3 Å². The Morgan fingerprint density at radius 2 is 2.04 bits per heavy atom. The number of amides is 2. The Morgan fingerprint density at radius 3 is 2.78 bits per heavy atom. The Labute approximate surface area is 157 Å². The number of aromatic amines is 1. The summed E-state index contributed by atoms with van der Waals surface area (Å²) in [4.78, 5) is 30.1. The summed E-state index contributed by atoms with van der Waals surface area (Å²) in [6, 6.07) is 7.25. The van der Waals surface area contributed by atoms with Gasteiger partial charge in [-0.05, 0) is 37.3 Å². The van der Waals surface area contributed by atoms with E-state index in [2.05, 4.69) is 10.3 Å². The van der Waals surface area contributed by atoms with Gasteiger partial charge in [0.05, 0.1) is 31.5 Å². The van der Waals surface area contributed by atoms with E-state index >= 15 is 0 Å². The van der Waals surface area contributed by atoms with E-state index in [4.69, 9.17) is 9.47 Å². The van der Waals surface area contributed by atoms with Crippen molar-refractivity contribution in [3.63, 3.8) is 0 Å². The number of nitrogens with one attached hydrogen (secondary N) is 2. The van der Waals surface area contributed by atoms with E-state index < -0.39 is 0 Å². The van der Waals surface area contributed by atoms with Gasteiger partial charge in [0.1, 0.15) is 5.75 Å². The maximum absolute atomic E-state index is 12.8. The van der Waals surface area contributed by atoms with Crippen molar-refractivity contribution in [3.8, 4) is 5.75 Å². The number of carbonyl (C=O) groups excluding carboxylic acids is 2. The maximum atomic E-state index is 12.8. The van der Waals surface area contributed by atoms with Crippen LogP contribution in [0.4, 0.5) is 5.69 Å². The summed E-state index contributed by atoms with van der Waals surface area (Å²) in [6.07, 6.45) is 1.77. The van der Waals surface area contributed by atoms with Gasteiger partial charge in [-0.2, -0.15) is 0 Å². The van der Waals surface area contributed by atoms with E-state index in [9.17, 15) is 9.59 Å². The number of morpholine rings is 1. The van der Waals surface area contributed by atoms with Crippen LogP contribution in [-0.4, -0.2) is 55.1 Å². The second kappa shape index (κ2) is 6.92. The Balaban J connectivity index is 1.66. The molecular weight excluding hydrogens is 346 g/mol. The number of ether oxygens (including phenoxy) is 2. The van der Waals surface area contributed by atoms with Gasteiger partial charge in [-0.25, -0.2) is 0 Å². The zero-order valence-electron chi connectivity index (χ0n) is 15.3. The molecule has 0 spiro atoms. The lowest BCUT2D eigenvalue weighted by Gasteiger charge is -2.26.